The fourth-order valence-corrected chi connectivity index (χ4v) is 2.78. The first-order valence-corrected chi connectivity index (χ1v) is 7.24. The molecule has 6 heteroatoms. The molecule has 0 aliphatic carbocycles. The van der Waals surface area contributed by atoms with Gasteiger partial charge in [0.2, 0.25) is 10.0 Å². The van der Waals surface area contributed by atoms with Crippen LogP contribution in [0.2, 0.25) is 0 Å². The van der Waals surface area contributed by atoms with Crippen molar-refractivity contribution in [3.63, 3.8) is 0 Å². The molecule has 0 saturated heterocycles. The maximum Gasteiger partial charge on any atom is 0.240 e. The van der Waals surface area contributed by atoms with E-state index in [2.05, 4.69) is 20.7 Å². The Morgan fingerprint density at radius 3 is 2.62 bits per heavy atom. The lowest BCUT2D eigenvalue weighted by Gasteiger charge is -2.09. The highest BCUT2D eigenvalue weighted by atomic mass is 79.9. The minimum absolute atomic E-state index is 0.288. The zero-order valence-electron chi connectivity index (χ0n) is 9.33. The van der Waals surface area contributed by atoms with Crippen LogP contribution in [0.4, 0.5) is 0 Å². The van der Waals surface area contributed by atoms with Crippen LogP contribution in [0.15, 0.2) is 33.6 Å². The van der Waals surface area contributed by atoms with Crippen LogP contribution in [-0.2, 0) is 10.0 Å². The molecule has 1 aromatic rings. The second-order valence-corrected chi connectivity index (χ2v) is 6.49. The smallest absolute Gasteiger partial charge is 0.240 e. The molecule has 0 aliphatic rings. The van der Waals surface area contributed by atoms with Gasteiger partial charge in [-0.05, 0) is 18.2 Å². The van der Waals surface area contributed by atoms with Crippen molar-refractivity contribution in [3.05, 3.63) is 28.7 Å². The summed E-state index contributed by atoms with van der Waals surface area (Å²) >= 11 is 3.25. The molecule has 0 aliphatic heterocycles. The summed E-state index contributed by atoms with van der Waals surface area (Å²) in [5, 5.41) is 0. The highest BCUT2D eigenvalue weighted by Gasteiger charge is 2.13. The van der Waals surface area contributed by atoms with Crippen molar-refractivity contribution in [2.24, 2.45) is 0 Å². The SMILES string of the molecule is C[NH+](C)CCNS(=O)(=O)c1cccc(Br)c1. The molecule has 0 radical (unpaired) electrons. The molecule has 0 bridgehead atoms. The minimum Gasteiger partial charge on any atom is -0.339 e. The largest absolute Gasteiger partial charge is 0.339 e. The Labute approximate surface area is 105 Å². The minimum atomic E-state index is -3.37. The summed E-state index contributed by atoms with van der Waals surface area (Å²) in [6.45, 7) is 1.20. The van der Waals surface area contributed by atoms with Crippen molar-refractivity contribution in [1.82, 2.24) is 4.72 Å². The number of hydrogen-bond donors (Lipinski definition) is 2. The molecule has 1 rings (SSSR count). The average Bonchev–Trinajstić information content (AvgIpc) is 2.16. The van der Waals surface area contributed by atoms with E-state index in [1.165, 1.54) is 4.90 Å². The third-order valence-electron chi connectivity index (χ3n) is 2.02. The topological polar surface area (TPSA) is 50.6 Å². The Hall–Kier alpha value is -0.430. The van der Waals surface area contributed by atoms with Gasteiger partial charge in [0.1, 0.15) is 0 Å². The van der Waals surface area contributed by atoms with Crippen molar-refractivity contribution in [1.29, 1.82) is 0 Å². The molecule has 0 fully saturated rings. The second kappa shape index (κ2) is 5.77. The zero-order chi connectivity index (χ0) is 12.2. The number of nitrogens with one attached hydrogen (secondary N) is 2. The van der Waals surface area contributed by atoms with E-state index in [4.69, 9.17) is 0 Å². The molecular weight excluding hydrogens is 292 g/mol. The van der Waals surface area contributed by atoms with E-state index in [1.807, 2.05) is 14.1 Å². The number of halogens is 1. The monoisotopic (exact) mass is 307 g/mol. The predicted molar refractivity (Wildman–Crippen MR) is 67.0 cm³/mol. The summed E-state index contributed by atoms with van der Waals surface area (Å²) in [4.78, 5) is 1.49. The van der Waals surface area contributed by atoms with Gasteiger partial charge in [0, 0.05) is 4.47 Å². The van der Waals surface area contributed by atoms with Gasteiger partial charge in [-0.2, -0.15) is 0 Å². The second-order valence-electron chi connectivity index (χ2n) is 3.81. The van der Waals surface area contributed by atoms with Crippen LogP contribution in [0.1, 0.15) is 0 Å². The number of rotatable bonds is 5. The van der Waals surface area contributed by atoms with Gasteiger partial charge in [0.15, 0.2) is 0 Å². The van der Waals surface area contributed by atoms with Crippen LogP contribution in [0.5, 0.6) is 0 Å². The van der Waals surface area contributed by atoms with Crippen molar-refractivity contribution in [2.75, 3.05) is 27.2 Å². The highest BCUT2D eigenvalue weighted by molar-refractivity contribution is 9.10. The molecule has 4 nitrogen and oxygen atoms in total. The van der Waals surface area contributed by atoms with Crippen LogP contribution < -0.4 is 9.62 Å². The molecule has 0 amide bonds. The fourth-order valence-electron chi connectivity index (χ4n) is 1.15. The quantitative estimate of drug-likeness (QED) is 0.796. The molecule has 0 atom stereocenters. The first kappa shape index (κ1) is 13.6. The van der Waals surface area contributed by atoms with Crippen LogP contribution in [-0.4, -0.2) is 35.6 Å². The lowest BCUT2D eigenvalue weighted by molar-refractivity contribution is -0.856. The summed E-state index contributed by atoms with van der Waals surface area (Å²) in [5.74, 6) is 0. The van der Waals surface area contributed by atoms with Crippen LogP contribution >= 0.6 is 15.9 Å². The van der Waals surface area contributed by atoms with E-state index in [0.717, 1.165) is 11.0 Å². The summed E-state index contributed by atoms with van der Waals surface area (Å²) in [7, 11) is 0.587. The Kier molecular flexibility index (Phi) is 4.91. The van der Waals surface area contributed by atoms with Gasteiger partial charge in [-0.15, -0.1) is 0 Å². The highest BCUT2D eigenvalue weighted by Crippen LogP contribution is 2.15. The molecule has 16 heavy (non-hydrogen) atoms. The van der Waals surface area contributed by atoms with E-state index in [0.29, 0.717) is 6.54 Å². The standard InChI is InChI=1S/C10H15BrN2O2S/c1-13(2)7-6-12-16(14,15)10-5-3-4-9(11)8-10/h3-5,8,12H,6-7H2,1-2H3/p+1. The Morgan fingerprint density at radius 1 is 1.38 bits per heavy atom. The Balaban J connectivity index is 2.71. The summed E-state index contributed by atoms with van der Waals surface area (Å²) in [6.07, 6.45) is 0. The van der Waals surface area contributed by atoms with Crippen molar-refractivity contribution in [3.8, 4) is 0 Å². The first-order chi connectivity index (χ1) is 7.42. The third-order valence-corrected chi connectivity index (χ3v) is 3.98. The molecule has 0 aromatic heterocycles. The zero-order valence-corrected chi connectivity index (χ0v) is 11.7. The maximum atomic E-state index is 11.8. The Morgan fingerprint density at radius 2 is 2.06 bits per heavy atom. The Bertz CT molecular complexity index is 446. The van der Waals surface area contributed by atoms with Crippen LogP contribution in [0, 0.1) is 0 Å². The molecule has 0 unspecified atom stereocenters. The van der Waals surface area contributed by atoms with E-state index in [1.54, 1.807) is 24.3 Å². The molecule has 1 aromatic carbocycles. The average molecular weight is 308 g/mol. The number of quaternary nitrogens is 1. The maximum absolute atomic E-state index is 11.8. The number of benzene rings is 1. The summed E-state index contributed by atoms with van der Waals surface area (Å²) < 4.78 is 27.0. The molecular formula is C10H16BrN2O2S+. The van der Waals surface area contributed by atoms with Gasteiger partial charge >= 0.3 is 0 Å². The molecule has 0 heterocycles. The molecule has 0 saturated carbocycles. The summed E-state index contributed by atoms with van der Waals surface area (Å²) in [5.41, 5.74) is 0. The molecule has 0 spiro atoms. The van der Waals surface area contributed by atoms with Crippen molar-refractivity contribution < 1.29 is 13.3 Å². The van der Waals surface area contributed by atoms with E-state index in [-0.39, 0.29) is 4.90 Å². The number of hydrogen-bond acceptors (Lipinski definition) is 2. The fraction of sp³-hybridized carbons (Fsp3) is 0.400. The first-order valence-electron chi connectivity index (χ1n) is 4.96. The van der Waals surface area contributed by atoms with Gasteiger partial charge in [0.25, 0.3) is 0 Å². The predicted octanol–water partition coefficient (Wildman–Crippen LogP) is -0.128. The van der Waals surface area contributed by atoms with Gasteiger partial charge in [0.05, 0.1) is 32.1 Å². The van der Waals surface area contributed by atoms with Gasteiger partial charge < -0.3 is 4.90 Å². The van der Waals surface area contributed by atoms with Gasteiger partial charge in [-0.1, -0.05) is 22.0 Å². The van der Waals surface area contributed by atoms with Gasteiger partial charge in [-0.3, -0.25) is 0 Å². The number of sulfonamides is 1. The van der Waals surface area contributed by atoms with Crippen LogP contribution in [0.25, 0.3) is 0 Å². The van der Waals surface area contributed by atoms with E-state index < -0.39 is 10.0 Å². The molecule has 90 valence electrons. The van der Waals surface area contributed by atoms with Crippen LogP contribution in [0.3, 0.4) is 0 Å². The van der Waals surface area contributed by atoms with Crippen molar-refractivity contribution >= 4 is 26.0 Å². The normalized spacial score (nSPS) is 12.0. The van der Waals surface area contributed by atoms with E-state index in [9.17, 15) is 8.42 Å². The lowest BCUT2D eigenvalue weighted by Crippen LogP contribution is -3.06. The third kappa shape index (κ3) is 4.21. The summed E-state index contributed by atoms with van der Waals surface area (Å²) in [6, 6.07) is 6.67. The lowest BCUT2D eigenvalue weighted by atomic mass is 10.4. The van der Waals surface area contributed by atoms with Crippen molar-refractivity contribution in [2.45, 2.75) is 4.90 Å². The molecule has 2 N–H and O–H groups in total. The van der Waals surface area contributed by atoms with E-state index >= 15 is 0 Å². The number of likely N-dealkylation sites (N-methyl/N-ethyl adjacent to an activating group) is 1. The van der Waals surface area contributed by atoms with Gasteiger partial charge in [-0.25, -0.2) is 13.1 Å².